The third kappa shape index (κ3) is 6.02. The molecule has 2 rings (SSSR count). The predicted octanol–water partition coefficient (Wildman–Crippen LogP) is 1.02. The van der Waals surface area contributed by atoms with Gasteiger partial charge in [0, 0.05) is 32.4 Å². The van der Waals surface area contributed by atoms with Gasteiger partial charge in [-0.25, -0.2) is 13.2 Å². The van der Waals surface area contributed by atoms with Crippen molar-refractivity contribution in [1.29, 1.82) is 0 Å². The second-order valence-corrected chi connectivity index (χ2v) is 9.45. The average Bonchev–Trinajstić information content (AvgIpc) is 2.74. The van der Waals surface area contributed by atoms with Crippen molar-refractivity contribution in [3.63, 3.8) is 0 Å². The number of rotatable bonds is 11. The second-order valence-electron chi connectivity index (χ2n) is 7.52. The van der Waals surface area contributed by atoms with Crippen LogP contribution >= 0.6 is 0 Å². The van der Waals surface area contributed by atoms with Crippen LogP contribution in [0.2, 0.25) is 0 Å². The predicted molar refractivity (Wildman–Crippen MR) is 129 cm³/mol. The molecule has 1 amide bonds. The topological polar surface area (TPSA) is 151 Å². The van der Waals surface area contributed by atoms with Crippen molar-refractivity contribution in [3.8, 4) is 0 Å². The third-order valence-corrected chi connectivity index (χ3v) is 7.26. The van der Waals surface area contributed by atoms with Gasteiger partial charge in [0.05, 0.1) is 11.4 Å². The molecule has 1 aromatic heterocycles. The van der Waals surface area contributed by atoms with Gasteiger partial charge in [0.25, 0.3) is 5.56 Å². The van der Waals surface area contributed by atoms with Crippen molar-refractivity contribution in [2.75, 3.05) is 42.6 Å². The Labute approximate surface area is 193 Å². The molecule has 182 valence electrons. The second kappa shape index (κ2) is 11.1. The Hall–Kier alpha value is -3.12. The van der Waals surface area contributed by atoms with E-state index < -0.39 is 27.2 Å². The Balaban J connectivity index is 2.16. The number of hydrogen-bond acceptors (Lipinski definition) is 7. The lowest BCUT2D eigenvalue weighted by molar-refractivity contribution is -0.114. The van der Waals surface area contributed by atoms with Crippen LogP contribution in [0.3, 0.4) is 0 Å². The van der Waals surface area contributed by atoms with Crippen molar-refractivity contribution in [3.05, 3.63) is 45.1 Å². The molecule has 0 fully saturated rings. The Morgan fingerprint density at radius 3 is 2.27 bits per heavy atom. The van der Waals surface area contributed by atoms with Crippen LogP contribution in [0, 0.1) is 0 Å². The normalized spacial score (nSPS) is 11.5. The van der Waals surface area contributed by atoms with E-state index in [0.29, 0.717) is 31.7 Å². The standard InChI is InChI=1S/C21H32N6O5S/c1-5-8-13-27-19(22)18(20(29)24-21(27)30)25(4)14-17(28)23-15-9-11-16(12-10-15)33(31,32)26(6-2)7-3/h9-12H,5-8,13-14,22H2,1-4H3,(H,23,28)(H,24,29,30). The molecule has 11 nitrogen and oxygen atoms in total. The number of carbonyl (C=O) groups excluding carboxylic acids is 1. The summed E-state index contributed by atoms with van der Waals surface area (Å²) >= 11 is 0. The lowest BCUT2D eigenvalue weighted by atomic mass is 10.3. The molecule has 0 bridgehead atoms. The number of amides is 1. The van der Waals surface area contributed by atoms with Crippen LogP contribution < -0.4 is 27.2 Å². The van der Waals surface area contributed by atoms with E-state index in [0.717, 1.165) is 6.42 Å². The van der Waals surface area contributed by atoms with Crippen molar-refractivity contribution >= 4 is 33.1 Å². The Morgan fingerprint density at radius 1 is 1.12 bits per heavy atom. The third-order valence-electron chi connectivity index (χ3n) is 5.19. The van der Waals surface area contributed by atoms with Gasteiger partial charge in [0.2, 0.25) is 15.9 Å². The molecule has 0 radical (unpaired) electrons. The molecule has 12 heteroatoms. The molecule has 0 spiro atoms. The molecule has 0 unspecified atom stereocenters. The number of anilines is 3. The zero-order chi connectivity index (χ0) is 24.8. The largest absolute Gasteiger partial charge is 0.383 e. The molecule has 0 aliphatic rings. The average molecular weight is 481 g/mol. The van der Waals surface area contributed by atoms with E-state index in [2.05, 4.69) is 10.3 Å². The van der Waals surface area contributed by atoms with Crippen molar-refractivity contribution in [1.82, 2.24) is 13.9 Å². The highest BCUT2D eigenvalue weighted by atomic mass is 32.2. The van der Waals surface area contributed by atoms with Gasteiger partial charge in [0.1, 0.15) is 11.5 Å². The van der Waals surface area contributed by atoms with Gasteiger partial charge in [-0.15, -0.1) is 0 Å². The molecule has 1 heterocycles. The Kier molecular flexibility index (Phi) is 8.83. The molecule has 33 heavy (non-hydrogen) atoms. The molecular formula is C21H32N6O5S. The molecule has 0 aliphatic heterocycles. The number of nitrogen functional groups attached to an aromatic ring is 1. The maximum Gasteiger partial charge on any atom is 0.330 e. The summed E-state index contributed by atoms with van der Waals surface area (Å²) in [6.45, 7) is 6.36. The number of benzene rings is 1. The highest BCUT2D eigenvalue weighted by molar-refractivity contribution is 7.89. The Bertz CT molecular complexity index is 1180. The van der Waals surface area contributed by atoms with Gasteiger partial charge in [-0.1, -0.05) is 27.2 Å². The number of nitrogens with one attached hydrogen (secondary N) is 2. The zero-order valence-corrected chi connectivity index (χ0v) is 20.2. The molecule has 0 saturated heterocycles. The summed E-state index contributed by atoms with van der Waals surface area (Å²) in [7, 11) is -2.07. The number of H-pyrrole nitrogens is 1. The summed E-state index contributed by atoms with van der Waals surface area (Å²) in [6.07, 6.45) is 1.55. The van der Waals surface area contributed by atoms with Crippen LogP contribution in [0.1, 0.15) is 33.6 Å². The van der Waals surface area contributed by atoms with Gasteiger partial charge >= 0.3 is 5.69 Å². The minimum Gasteiger partial charge on any atom is -0.383 e. The first-order valence-electron chi connectivity index (χ1n) is 10.8. The van der Waals surface area contributed by atoms with Crippen LogP contribution in [-0.4, -0.2) is 54.9 Å². The fourth-order valence-corrected chi connectivity index (χ4v) is 4.86. The van der Waals surface area contributed by atoms with Crippen LogP contribution in [0.15, 0.2) is 38.8 Å². The van der Waals surface area contributed by atoms with Crippen molar-refractivity contribution in [2.24, 2.45) is 0 Å². The first-order valence-corrected chi connectivity index (χ1v) is 12.2. The first kappa shape index (κ1) is 26.1. The fourth-order valence-electron chi connectivity index (χ4n) is 3.40. The van der Waals surface area contributed by atoms with E-state index >= 15 is 0 Å². The van der Waals surface area contributed by atoms with Gasteiger partial charge in [-0.3, -0.25) is 19.1 Å². The number of aromatic amines is 1. The van der Waals surface area contributed by atoms with Crippen LogP contribution in [0.5, 0.6) is 0 Å². The van der Waals surface area contributed by atoms with Crippen molar-refractivity contribution in [2.45, 2.75) is 45.1 Å². The van der Waals surface area contributed by atoms with E-state index in [-0.39, 0.29) is 22.9 Å². The number of unbranched alkanes of at least 4 members (excludes halogenated alkanes) is 1. The number of aromatic nitrogens is 2. The summed E-state index contributed by atoms with van der Waals surface area (Å²) < 4.78 is 27.8. The van der Waals surface area contributed by atoms with Crippen molar-refractivity contribution < 1.29 is 13.2 Å². The fraction of sp³-hybridized carbons (Fsp3) is 0.476. The van der Waals surface area contributed by atoms with Gasteiger partial charge in [0.15, 0.2) is 0 Å². The number of carbonyl (C=O) groups is 1. The number of hydrogen-bond donors (Lipinski definition) is 3. The van der Waals surface area contributed by atoms with E-state index in [4.69, 9.17) is 5.73 Å². The SMILES string of the molecule is CCCCn1c(N)c(N(C)CC(=O)Nc2ccc(S(=O)(=O)N(CC)CC)cc2)c(=O)[nH]c1=O. The molecule has 2 aromatic rings. The van der Waals surface area contributed by atoms with Crippen LogP contribution in [0.4, 0.5) is 17.2 Å². The van der Waals surface area contributed by atoms with E-state index in [1.54, 1.807) is 13.8 Å². The molecule has 0 atom stereocenters. The Morgan fingerprint density at radius 2 is 1.73 bits per heavy atom. The number of likely N-dealkylation sites (N-methyl/N-ethyl adjacent to an activating group) is 1. The highest BCUT2D eigenvalue weighted by Crippen LogP contribution is 2.19. The quantitative estimate of drug-likeness (QED) is 0.434. The molecule has 1 aromatic carbocycles. The van der Waals surface area contributed by atoms with Gasteiger partial charge in [-0.05, 0) is 30.7 Å². The monoisotopic (exact) mass is 480 g/mol. The number of nitrogens with zero attached hydrogens (tertiary/aromatic N) is 3. The van der Waals surface area contributed by atoms with Crippen LogP contribution in [-0.2, 0) is 21.4 Å². The summed E-state index contributed by atoms with van der Waals surface area (Å²) in [5, 5.41) is 2.67. The lowest BCUT2D eigenvalue weighted by Crippen LogP contribution is -2.39. The van der Waals surface area contributed by atoms with Gasteiger partial charge < -0.3 is 16.0 Å². The minimum absolute atomic E-state index is 0.00142. The molecule has 4 N–H and O–H groups in total. The summed E-state index contributed by atoms with van der Waals surface area (Å²) in [4.78, 5) is 40.7. The molecular weight excluding hydrogens is 448 g/mol. The van der Waals surface area contributed by atoms with Crippen LogP contribution in [0.25, 0.3) is 0 Å². The maximum absolute atomic E-state index is 12.6. The maximum atomic E-state index is 12.6. The van der Waals surface area contributed by atoms with E-state index in [9.17, 15) is 22.8 Å². The van der Waals surface area contributed by atoms with E-state index in [1.807, 2.05) is 6.92 Å². The molecule has 0 saturated carbocycles. The minimum atomic E-state index is -3.59. The van der Waals surface area contributed by atoms with Gasteiger partial charge in [-0.2, -0.15) is 4.31 Å². The zero-order valence-electron chi connectivity index (χ0n) is 19.4. The number of nitrogens with two attached hydrogens (primary N) is 1. The first-order chi connectivity index (χ1) is 15.6. The summed E-state index contributed by atoms with van der Waals surface area (Å²) in [5.74, 6) is -0.444. The smallest absolute Gasteiger partial charge is 0.330 e. The molecule has 0 aliphatic carbocycles. The lowest BCUT2D eigenvalue weighted by Gasteiger charge is -2.21. The van der Waals surface area contributed by atoms with E-state index in [1.165, 1.54) is 45.1 Å². The summed E-state index contributed by atoms with van der Waals surface area (Å²) in [5.41, 5.74) is 5.24. The highest BCUT2D eigenvalue weighted by Gasteiger charge is 2.22. The number of sulfonamides is 1. The summed E-state index contributed by atoms with van der Waals surface area (Å²) in [6, 6.07) is 5.86.